The van der Waals surface area contributed by atoms with Crippen LogP contribution in [-0.2, 0) is 16.6 Å². The van der Waals surface area contributed by atoms with Gasteiger partial charge in [-0.3, -0.25) is 4.90 Å². The summed E-state index contributed by atoms with van der Waals surface area (Å²) in [7, 11) is 0. The second kappa shape index (κ2) is 7.43. The molecular formula is C12H17Br2NO. The summed E-state index contributed by atoms with van der Waals surface area (Å²) in [6, 6.07) is 8.80. The summed E-state index contributed by atoms with van der Waals surface area (Å²) in [5, 5.41) is 0.935. The molecule has 0 saturated carbocycles. The van der Waals surface area contributed by atoms with E-state index in [2.05, 4.69) is 45.1 Å². The van der Waals surface area contributed by atoms with Crippen molar-refractivity contribution in [1.82, 2.24) is 4.90 Å². The van der Waals surface area contributed by atoms with Crippen LogP contribution in [0, 0.1) is 0 Å². The minimum Gasteiger partial charge on any atom is -0.379 e. The molecule has 0 radical (unpaired) electrons. The molecule has 4 heteroatoms. The zero-order valence-corrected chi connectivity index (χ0v) is 12.5. The van der Waals surface area contributed by atoms with Crippen molar-refractivity contribution in [2.45, 2.75) is 11.9 Å². The highest BCUT2D eigenvalue weighted by Crippen LogP contribution is 2.10. The van der Waals surface area contributed by atoms with E-state index in [1.165, 1.54) is 11.1 Å². The highest BCUT2D eigenvalue weighted by Gasteiger charge is 2.10. The lowest BCUT2D eigenvalue weighted by atomic mass is 10.1. The third kappa shape index (κ3) is 4.17. The summed E-state index contributed by atoms with van der Waals surface area (Å²) < 4.78 is 5.33. The number of rotatable bonds is 3. The minimum absolute atomic E-state index is 0. The van der Waals surface area contributed by atoms with Gasteiger partial charge in [-0.1, -0.05) is 40.2 Å². The zero-order chi connectivity index (χ0) is 10.5. The Morgan fingerprint density at radius 3 is 2.19 bits per heavy atom. The molecule has 1 saturated heterocycles. The van der Waals surface area contributed by atoms with Crippen LogP contribution in [0.1, 0.15) is 11.1 Å². The van der Waals surface area contributed by atoms with Crippen LogP contribution in [0.2, 0.25) is 0 Å². The molecular weight excluding hydrogens is 334 g/mol. The van der Waals surface area contributed by atoms with E-state index in [4.69, 9.17) is 4.74 Å². The molecule has 0 N–H and O–H groups in total. The Labute approximate surface area is 116 Å². The number of benzene rings is 1. The first kappa shape index (κ1) is 14.2. The lowest BCUT2D eigenvalue weighted by Crippen LogP contribution is -2.35. The Bertz CT molecular complexity index is 296. The normalized spacial score (nSPS) is 16.8. The first-order valence-corrected chi connectivity index (χ1v) is 6.44. The van der Waals surface area contributed by atoms with Gasteiger partial charge in [0.05, 0.1) is 13.2 Å². The number of alkyl halides is 1. The second-order valence-electron chi connectivity index (χ2n) is 3.84. The Kier molecular flexibility index (Phi) is 6.58. The molecule has 2 rings (SSSR count). The predicted molar refractivity (Wildman–Crippen MR) is 75.5 cm³/mol. The lowest BCUT2D eigenvalue weighted by molar-refractivity contribution is 0.0342. The summed E-state index contributed by atoms with van der Waals surface area (Å²) in [6.07, 6.45) is 0. The van der Waals surface area contributed by atoms with E-state index in [9.17, 15) is 0 Å². The molecule has 0 aliphatic carbocycles. The molecule has 90 valence electrons. The van der Waals surface area contributed by atoms with Crippen LogP contribution in [0.4, 0.5) is 0 Å². The summed E-state index contributed by atoms with van der Waals surface area (Å²) in [5.41, 5.74) is 2.72. The monoisotopic (exact) mass is 349 g/mol. The molecule has 1 aliphatic rings. The number of hydrogen-bond donors (Lipinski definition) is 0. The molecule has 0 bridgehead atoms. The third-order valence-corrected chi connectivity index (χ3v) is 3.33. The van der Waals surface area contributed by atoms with Crippen molar-refractivity contribution in [1.29, 1.82) is 0 Å². The van der Waals surface area contributed by atoms with Gasteiger partial charge in [0, 0.05) is 25.0 Å². The smallest absolute Gasteiger partial charge is 0.0594 e. The Balaban J connectivity index is 0.00000128. The number of morpholine rings is 1. The van der Waals surface area contributed by atoms with Crippen molar-refractivity contribution < 1.29 is 4.74 Å². The van der Waals surface area contributed by atoms with Gasteiger partial charge in [-0.05, 0) is 11.1 Å². The van der Waals surface area contributed by atoms with Gasteiger partial charge < -0.3 is 4.74 Å². The number of hydrogen-bond acceptors (Lipinski definition) is 2. The standard InChI is InChI=1S/C12H16BrNO.BrH/c13-9-11-1-3-12(4-2-11)10-14-5-7-15-8-6-14;/h1-4H,5-10H2;1H. The Morgan fingerprint density at radius 2 is 1.62 bits per heavy atom. The van der Waals surface area contributed by atoms with Crippen LogP contribution in [-0.4, -0.2) is 31.2 Å². The van der Waals surface area contributed by atoms with Gasteiger partial charge in [-0.2, -0.15) is 0 Å². The highest BCUT2D eigenvalue weighted by atomic mass is 79.9. The molecule has 1 aromatic rings. The summed E-state index contributed by atoms with van der Waals surface area (Å²) in [4.78, 5) is 2.44. The van der Waals surface area contributed by atoms with Crippen molar-refractivity contribution in [3.63, 3.8) is 0 Å². The summed E-state index contributed by atoms with van der Waals surface area (Å²) in [6.45, 7) is 4.91. The first-order valence-electron chi connectivity index (χ1n) is 5.32. The van der Waals surface area contributed by atoms with Gasteiger partial charge in [0.1, 0.15) is 0 Å². The van der Waals surface area contributed by atoms with Crippen LogP contribution in [0.3, 0.4) is 0 Å². The molecule has 1 aliphatic heterocycles. The van der Waals surface area contributed by atoms with E-state index < -0.39 is 0 Å². The van der Waals surface area contributed by atoms with Gasteiger partial charge in [-0.25, -0.2) is 0 Å². The van der Waals surface area contributed by atoms with Gasteiger partial charge in [0.15, 0.2) is 0 Å². The maximum atomic E-state index is 5.33. The lowest BCUT2D eigenvalue weighted by Gasteiger charge is -2.26. The average molecular weight is 351 g/mol. The summed E-state index contributed by atoms with van der Waals surface area (Å²) >= 11 is 3.45. The van der Waals surface area contributed by atoms with Gasteiger partial charge in [0.25, 0.3) is 0 Å². The molecule has 0 aromatic heterocycles. The SMILES string of the molecule is Br.BrCc1ccc(CN2CCOCC2)cc1. The minimum atomic E-state index is 0. The molecule has 1 fully saturated rings. The quantitative estimate of drug-likeness (QED) is 0.777. The second-order valence-corrected chi connectivity index (χ2v) is 4.40. The molecule has 0 atom stereocenters. The van der Waals surface area contributed by atoms with E-state index in [0.29, 0.717) is 0 Å². The fourth-order valence-corrected chi connectivity index (χ4v) is 2.13. The van der Waals surface area contributed by atoms with Gasteiger partial charge in [-0.15, -0.1) is 17.0 Å². The van der Waals surface area contributed by atoms with Crippen LogP contribution < -0.4 is 0 Å². The maximum absolute atomic E-state index is 5.33. The topological polar surface area (TPSA) is 12.5 Å². The number of halogens is 2. The molecule has 1 heterocycles. The number of nitrogens with zero attached hydrogens (tertiary/aromatic N) is 1. The largest absolute Gasteiger partial charge is 0.379 e. The average Bonchev–Trinajstić information content (AvgIpc) is 2.31. The van der Waals surface area contributed by atoms with E-state index >= 15 is 0 Å². The third-order valence-electron chi connectivity index (χ3n) is 2.69. The highest BCUT2D eigenvalue weighted by molar-refractivity contribution is 9.08. The van der Waals surface area contributed by atoms with Gasteiger partial charge >= 0.3 is 0 Å². The van der Waals surface area contributed by atoms with Gasteiger partial charge in [0.2, 0.25) is 0 Å². The van der Waals surface area contributed by atoms with E-state index in [0.717, 1.165) is 38.2 Å². The van der Waals surface area contributed by atoms with Crippen LogP contribution in [0.25, 0.3) is 0 Å². The Morgan fingerprint density at radius 1 is 1.06 bits per heavy atom. The fraction of sp³-hybridized carbons (Fsp3) is 0.500. The molecule has 0 amide bonds. The van der Waals surface area contributed by atoms with E-state index in [-0.39, 0.29) is 17.0 Å². The summed E-state index contributed by atoms with van der Waals surface area (Å²) in [5.74, 6) is 0. The fourth-order valence-electron chi connectivity index (χ4n) is 1.75. The van der Waals surface area contributed by atoms with E-state index in [1.807, 2.05) is 0 Å². The first-order chi connectivity index (χ1) is 7.38. The molecule has 1 aromatic carbocycles. The number of ether oxygens (including phenoxy) is 1. The van der Waals surface area contributed by atoms with Crippen molar-refractivity contribution >= 4 is 32.9 Å². The van der Waals surface area contributed by atoms with Crippen molar-refractivity contribution in [2.24, 2.45) is 0 Å². The molecule has 2 nitrogen and oxygen atoms in total. The molecule has 16 heavy (non-hydrogen) atoms. The predicted octanol–water partition coefficient (Wildman–Crippen LogP) is 2.99. The van der Waals surface area contributed by atoms with Crippen LogP contribution in [0.5, 0.6) is 0 Å². The Hall–Kier alpha value is 0.100. The van der Waals surface area contributed by atoms with Crippen LogP contribution in [0.15, 0.2) is 24.3 Å². The van der Waals surface area contributed by atoms with Crippen molar-refractivity contribution in [3.8, 4) is 0 Å². The van der Waals surface area contributed by atoms with E-state index in [1.54, 1.807) is 0 Å². The molecule has 0 unspecified atom stereocenters. The maximum Gasteiger partial charge on any atom is 0.0594 e. The molecule has 0 spiro atoms. The van der Waals surface area contributed by atoms with Crippen LogP contribution >= 0.6 is 32.9 Å². The van der Waals surface area contributed by atoms with Crippen molar-refractivity contribution in [3.05, 3.63) is 35.4 Å². The zero-order valence-electron chi connectivity index (χ0n) is 9.19. The van der Waals surface area contributed by atoms with Crippen molar-refractivity contribution in [2.75, 3.05) is 26.3 Å².